The predicted octanol–water partition coefficient (Wildman–Crippen LogP) is 3.18. The number of nitrogens with zero attached hydrogens (tertiary/aromatic N) is 5. The number of piperidine rings is 1. The smallest absolute Gasteiger partial charge is 0.308 e. The molecule has 10 heteroatoms. The van der Waals surface area contributed by atoms with Crippen molar-refractivity contribution in [2.45, 2.75) is 71.0 Å². The van der Waals surface area contributed by atoms with Gasteiger partial charge in [0.2, 0.25) is 10.0 Å². The fraction of sp³-hybridized carbons (Fsp3) is 0.522. The van der Waals surface area contributed by atoms with Gasteiger partial charge in [-0.1, -0.05) is 6.42 Å². The Morgan fingerprint density at radius 2 is 1.88 bits per heavy atom. The Bertz CT molecular complexity index is 1260. The average Bonchev–Trinajstić information content (AvgIpc) is 3.33. The monoisotopic (exact) mass is 473 g/mol. The van der Waals surface area contributed by atoms with Crippen LogP contribution in [0, 0.1) is 13.8 Å². The number of carbonyl (C=O) groups excluding carboxylic acids is 1. The first-order valence-electron chi connectivity index (χ1n) is 11.5. The lowest BCUT2D eigenvalue weighted by Crippen LogP contribution is -2.35. The third-order valence-electron chi connectivity index (χ3n) is 6.06. The van der Waals surface area contributed by atoms with Crippen molar-refractivity contribution in [2.75, 3.05) is 13.1 Å². The van der Waals surface area contributed by atoms with Crippen LogP contribution in [0.1, 0.15) is 49.8 Å². The van der Waals surface area contributed by atoms with Crippen LogP contribution < -0.4 is 0 Å². The Balaban J connectivity index is 1.47. The molecule has 0 spiro atoms. The first-order chi connectivity index (χ1) is 15.8. The summed E-state index contributed by atoms with van der Waals surface area (Å²) in [5.41, 5.74) is 3.33. The largest absolute Gasteiger partial charge is 0.457 e. The van der Waals surface area contributed by atoms with Crippen molar-refractivity contribution in [1.82, 2.24) is 23.6 Å². The zero-order valence-corrected chi connectivity index (χ0v) is 20.3. The van der Waals surface area contributed by atoms with E-state index >= 15 is 0 Å². The van der Waals surface area contributed by atoms with Crippen LogP contribution in [0.15, 0.2) is 29.2 Å². The van der Waals surface area contributed by atoms with E-state index in [0.717, 1.165) is 36.2 Å². The molecule has 0 unspecified atom stereocenters. The van der Waals surface area contributed by atoms with Gasteiger partial charge < -0.3 is 9.30 Å². The molecule has 0 saturated carbocycles. The molecule has 3 heterocycles. The van der Waals surface area contributed by atoms with Gasteiger partial charge in [-0.3, -0.25) is 9.48 Å². The molecule has 0 bridgehead atoms. The molecule has 2 aromatic heterocycles. The molecule has 178 valence electrons. The number of sulfonamides is 1. The fourth-order valence-corrected chi connectivity index (χ4v) is 5.89. The molecule has 1 fully saturated rings. The highest BCUT2D eigenvalue weighted by Gasteiger charge is 2.26. The van der Waals surface area contributed by atoms with Crippen LogP contribution in [0.25, 0.3) is 11.0 Å². The second-order valence-electron chi connectivity index (χ2n) is 8.45. The average molecular weight is 474 g/mol. The number of carbonyl (C=O) groups is 1. The third kappa shape index (κ3) is 4.96. The van der Waals surface area contributed by atoms with Crippen molar-refractivity contribution in [3.8, 4) is 0 Å². The molecule has 1 aromatic carbocycles. The second kappa shape index (κ2) is 9.64. The zero-order chi connectivity index (χ0) is 23.6. The molecule has 0 aliphatic carbocycles. The van der Waals surface area contributed by atoms with Crippen LogP contribution in [0.5, 0.6) is 0 Å². The number of ether oxygens (including phenoxy) is 1. The van der Waals surface area contributed by atoms with Gasteiger partial charge in [-0.05, 0) is 57.9 Å². The van der Waals surface area contributed by atoms with Gasteiger partial charge >= 0.3 is 5.97 Å². The minimum absolute atomic E-state index is 0.0344. The SMILES string of the molecule is CCn1c(COC(=O)CCn2nc(C)cc2C)nc2cc(S(=O)(=O)N3CCCCC3)ccc21. The normalized spacial score (nSPS) is 15.2. The van der Waals surface area contributed by atoms with E-state index in [4.69, 9.17) is 4.74 Å². The molecular weight excluding hydrogens is 442 g/mol. The predicted molar refractivity (Wildman–Crippen MR) is 124 cm³/mol. The number of benzene rings is 1. The van der Waals surface area contributed by atoms with E-state index < -0.39 is 10.0 Å². The minimum atomic E-state index is -3.53. The summed E-state index contributed by atoms with van der Waals surface area (Å²) in [6.07, 6.45) is 3.06. The third-order valence-corrected chi connectivity index (χ3v) is 7.96. The number of aromatic nitrogens is 4. The summed E-state index contributed by atoms with van der Waals surface area (Å²) in [7, 11) is -3.53. The number of imidazole rings is 1. The molecule has 4 rings (SSSR count). The Kier molecular flexibility index (Phi) is 6.85. The molecule has 0 amide bonds. The summed E-state index contributed by atoms with van der Waals surface area (Å²) >= 11 is 0. The molecule has 1 saturated heterocycles. The van der Waals surface area contributed by atoms with Crippen molar-refractivity contribution in [3.63, 3.8) is 0 Å². The Hall–Kier alpha value is -2.72. The standard InChI is InChI=1S/C23H31N5O4S/c1-4-27-21-9-8-19(33(30,31)26-11-6-5-7-12-26)15-20(21)24-22(27)16-32-23(29)10-13-28-18(3)14-17(2)25-28/h8-9,14-15H,4-7,10-13,16H2,1-3H3. The van der Waals surface area contributed by atoms with Crippen molar-refractivity contribution in [1.29, 1.82) is 0 Å². The second-order valence-corrected chi connectivity index (χ2v) is 10.4. The van der Waals surface area contributed by atoms with Gasteiger partial charge in [0.05, 0.1) is 34.6 Å². The highest BCUT2D eigenvalue weighted by Crippen LogP contribution is 2.25. The topological polar surface area (TPSA) is 99.3 Å². The highest BCUT2D eigenvalue weighted by atomic mass is 32.2. The maximum absolute atomic E-state index is 13.0. The highest BCUT2D eigenvalue weighted by molar-refractivity contribution is 7.89. The number of esters is 1. The molecule has 0 N–H and O–H groups in total. The number of rotatable bonds is 8. The Labute approximate surface area is 194 Å². The first-order valence-corrected chi connectivity index (χ1v) is 12.9. The summed E-state index contributed by atoms with van der Waals surface area (Å²) in [5, 5.41) is 4.36. The van der Waals surface area contributed by atoms with Crippen LogP contribution in [0.3, 0.4) is 0 Å². The molecule has 9 nitrogen and oxygen atoms in total. The van der Waals surface area contributed by atoms with Crippen molar-refractivity contribution < 1.29 is 17.9 Å². The van der Waals surface area contributed by atoms with E-state index in [1.165, 1.54) is 0 Å². The summed E-state index contributed by atoms with van der Waals surface area (Å²) in [5.74, 6) is 0.269. The zero-order valence-electron chi connectivity index (χ0n) is 19.5. The van der Waals surface area contributed by atoms with Crippen LogP contribution in [0.4, 0.5) is 0 Å². The molecule has 1 aliphatic heterocycles. The van der Waals surface area contributed by atoms with E-state index in [9.17, 15) is 13.2 Å². The van der Waals surface area contributed by atoms with Crippen LogP contribution in [-0.2, 0) is 39.3 Å². The van der Waals surface area contributed by atoms with E-state index in [0.29, 0.717) is 37.5 Å². The van der Waals surface area contributed by atoms with Gasteiger partial charge in [-0.2, -0.15) is 9.40 Å². The summed E-state index contributed by atoms with van der Waals surface area (Å²) in [4.78, 5) is 17.1. The van der Waals surface area contributed by atoms with E-state index in [1.54, 1.807) is 27.2 Å². The molecule has 33 heavy (non-hydrogen) atoms. The first kappa shape index (κ1) is 23.4. The van der Waals surface area contributed by atoms with Gasteiger partial charge in [0.25, 0.3) is 0 Å². The van der Waals surface area contributed by atoms with Crippen LogP contribution >= 0.6 is 0 Å². The number of aryl methyl sites for hydroxylation is 4. The van der Waals surface area contributed by atoms with Gasteiger partial charge in [0.1, 0.15) is 12.4 Å². The lowest BCUT2D eigenvalue weighted by molar-refractivity contribution is -0.145. The number of hydrogen-bond acceptors (Lipinski definition) is 6. The van der Waals surface area contributed by atoms with Crippen molar-refractivity contribution in [2.24, 2.45) is 0 Å². The van der Waals surface area contributed by atoms with Crippen LogP contribution in [-0.4, -0.2) is 51.1 Å². The van der Waals surface area contributed by atoms with Crippen molar-refractivity contribution >= 4 is 27.0 Å². The Morgan fingerprint density at radius 1 is 1.12 bits per heavy atom. The van der Waals surface area contributed by atoms with E-state index in [1.807, 2.05) is 31.4 Å². The van der Waals surface area contributed by atoms with Gasteiger partial charge in [-0.25, -0.2) is 13.4 Å². The molecule has 3 aromatic rings. The number of fused-ring (bicyclic) bond motifs is 1. The van der Waals surface area contributed by atoms with E-state index in [-0.39, 0.29) is 23.9 Å². The van der Waals surface area contributed by atoms with Gasteiger partial charge in [-0.15, -0.1) is 0 Å². The number of hydrogen-bond donors (Lipinski definition) is 0. The maximum Gasteiger partial charge on any atom is 0.308 e. The van der Waals surface area contributed by atoms with E-state index in [2.05, 4.69) is 10.1 Å². The molecule has 0 atom stereocenters. The van der Waals surface area contributed by atoms with Crippen LogP contribution in [0.2, 0.25) is 0 Å². The molecule has 1 aliphatic rings. The summed E-state index contributed by atoms with van der Waals surface area (Å²) in [6.45, 7) is 8.09. The summed E-state index contributed by atoms with van der Waals surface area (Å²) < 4.78 is 36.8. The summed E-state index contributed by atoms with van der Waals surface area (Å²) in [6, 6.07) is 7.02. The minimum Gasteiger partial charge on any atom is -0.457 e. The van der Waals surface area contributed by atoms with Gasteiger partial charge in [0, 0.05) is 25.3 Å². The van der Waals surface area contributed by atoms with Crippen molar-refractivity contribution in [3.05, 3.63) is 41.5 Å². The Morgan fingerprint density at radius 3 is 2.55 bits per heavy atom. The molecule has 0 radical (unpaired) electrons. The van der Waals surface area contributed by atoms with Gasteiger partial charge in [0.15, 0.2) is 0 Å². The lowest BCUT2D eigenvalue weighted by atomic mass is 10.2. The molecular formula is C23H31N5O4S. The maximum atomic E-state index is 13.0. The fourth-order valence-electron chi connectivity index (χ4n) is 4.35. The lowest BCUT2D eigenvalue weighted by Gasteiger charge is -2.25. The quantitative estimate of drug-likeness (QED) is 0.466.